The molecule has 5 nitrogen and oxygen atoms in total. The zero-order valence-corrected chi connectivity index (χ0v) is 11.7. The first-order valence-electron chi connectivity index (χ1n) is 6.01. The van der Waals surface area contributed by atoms with Gasteiger partial charge in [-0.15, -0.1) is 0 Å². The van der Waals surface area contributed by atoms with E-state index >= 15 is 0 Å². The minimum Gasteiger partial charge on any atom is -0.329 e. The van der Waals surface area contributed by atoms with E-state index in [1.54, 1.807) is 12.4 Å². The van der Waals surface area contributed by atoms with Gasteiger partial charge in [-0.3, -0.25) is 4.98 Å². The van der Waals surface area contributed by atoms with E-state index in [0.29, 0.717) is 12.8 Å². The van der Waals surface area contributed by atoms with E-state index < -0.39 is 15.6 Å². The molecule has 1 heterocycles. The van der Waals surface area contributed by atoms with Crippen LogP contribution in [-0.4, -0.2) is 31.2 Å². The maximum absolute atomic E-state index is 12.0. The lowest BCUT2D eigenvalue weighted by Crippen LogP contribution is -2.51. The molecule has 0 saturated heterocycles. The smallest absolute Gasteiger partial charge is 0.212 e. The summed E-state index contributed by atoms with van der Waals surface area (Å²) >= 11 is 0. The van der Waals surface area contributed by atoms with E-state index in [0.717, 1.165) is 5.56 Å². The fraction of sp³-hybridized carbons (Fsp3) is 0.583. The number of hydrogen-bond acceptors (Lipinski definition) is 4. The highest BCUT2D eigenvalue weighted by Gasteiger charge is 2.26. The second-order valence-corrected chi connectivity index (χ2v) is 6.49. The van der Waals surface area contributed by atoms with Gasteiger partial charge in [-0.05, 0) is 37.5 Å². The Hall–Kier alpha value is -0.980. The molecule has 102 valence electrons. The van der Waals surface area contributed by atoms with Crippen LogP contribution < -0.4 is 10.5 Å². The van der Waals surface area contributed by atoms with Gasteiger partial charge in [-0.2, -0.15) is 0 Å². The van der Waals surface area contributed by atoms with Crippen molar-refractivity contribution in [2.45, 2.75) is 32.2 Å². The summed E-state index contributed by atoms with van der Waals surface area (Å²) < 4.78 is 26.6. The number of aryl methyl sites for hydroxylation is 1. The van der Waals surface area contributed by atoms with Crippen molar-refractivity contribution in [3.8, 4) is 0 Å². The number of nitrogens with one attached hydrogen (secondary N) is 1. The van der Waals surface area contributed by atoms with Crippen LogP contribution in [-0.2, 0) is 16.4 Å². The summed E-state index contributed by atoms with van der Waals surface area (Å²) in [6, 6.07) is 3.63. The Balaban J connectivity index is 2.61. The molecule has 1 unspecified atom stereocenters. The third kappa shape index (κ3) is 4.72. The minimum absolute atomic E-state index is 0.0621. The van der Waals surface area contributed by atoms with Gasteiger partial charge in [0.05, 0.1) is 5.75 Å². The Morgan fingerprint density at radius 3 is 2.50 bits per heavy atom. The second-order valence-electron chi connectivity index (χ2n) is 4.64. The number of nitrogens with zero attached hydrogens (tertiary/aromatic N) is 1. The quantitative estimate of drug-likeness (QED) is 0.763. The van der Waals surface area contributed by atoms with Crippen LogP contribution in [0, 0.1) is 0 Å². The molecule has 0 bridgehead atoms. The molecular formula is C12H21N3O2S. The van der Waals surface area contributed by atoms with Gasteiger partial charge in [0.15, 0.2) is 0 Å². The van der Waals surface area contributed by atoms with Crippen LogP contribution in [0.3, 0.4) is 0 Å². The molecule has 1 atom stereocenters. The topological polar surface area (TPSA) is 85.1 Å². The monoisotopic (exact) mass is 271 g/mol. The third-order valence-electron chi connectivity index (χ3n) is 3.04. The summed E-state index contributed by atoms with van der Waals surface area (Å²) in [5.41, 5.74) is 6.00. The molecule has 3 N–H and O–H groups in total. The summed E-state index contributed by atoms with van der Waals surface area (Å²) in [5.74, 6) is 0.0621. The van der Waals surface area contributed by atoms with E-state index in [1.807, 2.05) is 26.0 Å². The van der Waals surface area contributed by atoms with Gasteiger partial charge >= 0.3 is 0 Å². The molecule has 1 aromatic rings. The van der Waals surface area contributed by atoms with E-state index in [-0.39, 0.29) is 12.3 Å². The molecule has 0 fully saturated rings. The van der Waals surface area contributed by atoms with Crippen molar-refractivity contribution in [3.05, 3.63) is 30.1 Å². The Kier molecular flexibility index (Phi) is 5.25. The van der Waals surface area contributed by atoms with E-state index in [4.69, 9.17) is 5.73 Å². The molecule has 1 aromatic heterocycles. The highest BCUT2D eigenvalue weighted by atomic mass is 32.2. The molecule has 18 heavy (non-hydrogen) atoms. The summed E-state index contributed by atoms with van der Waals surface area (Å²) in [7, 11) is -3.31. The van der Waals surface area contributed by atoms with Crippen LogP contribution in [0.15, 0.2) is 24.5 Å². The third-order valence-corrected chi connectivity index (χ3v) is 4.59. The molecule has 0 radical (unpaired) electrons. The lowest BCUT2D eigenvalue weighted by atomic mass is 10.0. The van der Waals surface area contributed by atoms with E-state index in [1.165, 1.54) is 0 Å². The van der Waals surface area contributed by atoms with Crippen molar-refractivity contribution in [2.75, 3.05) is 12.3 Å². The predicted octanol–water partition coefficient (Wildman–Crippen LogP) is 0.671. The van der Waals surface area contributed by atoms with Crippen LogP contribution in [0.1, 0.15) is 25.8 Å². The first kappa shape index (κ1) is 15.1. The number of rotatable bonds is 7. The normalized spacial score (nSPS) is 15.3. The van der Waals surface area contributed by atoms with Crippen LogP contribution in [0.4, 0.5) is 0 Å². The van der Waals surface area contributed by atoms with E-state index in [2.05, 4.69) is 9.71 Å². The van der Waals surface area contributed by atoms with Crippen LogP contribution in [0.5, 0.6) is 0 Å². The Morgan fingerprint density at radius 2 is 2.00 bits per heavy atom. The first-order chi connectivity index (χ1) is 8.41. The van der Waals surface area contributed by atoms with Crippen molar-refractivity contribution < 1.29 is 8.42 Å². The number of sulfonamides is 1. The molecule has 0 aliphatic rings. The van der Waals surface area contributed by atoms with Crippen molar-refractivity contribution in [2.24, 2.45) is 5.73 Å². The SMILES string of the molecule is CCC(C)(CN)NS(=O)(=O)CCc1ccncc1. The average Bonchev–Trinajstić information content (AvgIpc) is 2.37. The molecule has 0 saturated carbocycles. The minimum atomic E-state index is -3.31. The molecule has 1 rings (SSSR count). The van der Waals surface area contributed by atoms with Crippen molar-refractivity contribution in [1.82, 2.24) is 9.71 Å². The second kappa shape index (κ2) is 6.26. The van der Waals surface area contributed by atoms with Gasteiger partial charge in [0, 0.05) is 24.5 Å². The Morgan fingerprint density at radius 1 is 1.39 bits per heavy atom. The maximum atomic E-state index is 12.0. The summed E-state index contributed by atoms with van der Waals surface area (Å²) in [6.07, 6.45) is 4.46. The molecule has 0 amide bonds. The molecule has 0 aliphatic heterocycles. The number of hydrogen-bond donors (Lipinski definition) is 2. The highest BCUT2D eigenvalue weighted by Crippen LogP contribution is 2.09. The fourth-order valence-corrected chi connectivity index (χ4v) is 3.07. The summed E-state index contributed by atoms with van der Waals surface area (Å²) in [6.45, 7) is 4.02. The first-order valence-corrected chi connectivity index (χ1v) is 7.66. The number of nitrogens with two attached hydrogens (primary N) is 1. The number of aromatic nitrogens is 1. The summed E-state index contributed by atoms with van der Waals surface area (Å²) in [5, 5.41) is 0. The molecule has 6 heteroatoms. The highest BCUT2D eigenvalue weighted by molar-refractivity contribution is 7.89. The fourth-order valence-electron chi connectivity index (χ4n) is 1.49. The largest absolute Gasteiger partial charge is 0.329 e. The van der Waals surface area contributed by atoms with E-state index in [9.17, 15) is 8.42 Å². The van der Waals surface area contributed by atoms with Gasteiger partial charge in [-0.1, -0.05) is 6.92 Å². The van der Waals surface area contributed by atoms with Crippen LogP contribution >= 0.6 is 0 Å². The van der Waals surface area contributed by atoms with Gasteiger partial charge in [0.2, 0.25) is 10.0 Å². The maximum Gasteiger partial charge on any atom is 0.212 e. The zero-order chi connectivity index (χ0) is 13.6. The van der Waals surface area contributed by atoms with Crippen molar-refractivity contribution in [3.63, 3.8) is 0 Å². The van der Waals surface area contributed by atoms with Gasteiger partial charge < -0.3 is 5.73 Å². The molecule has 0 aliphatic carbocycles. The standard InChI is InChI=1S/C12H21N3O2S/c1-3-12(2,10-13)15-18(16,17)9-6-11-4-7-14-8-5-11/h4-5,7-8,15H,3,6,9-10,13H2,1-2H3. The summed E-state index contributed by atoms with van der Waals surface area (Å²) in [4.78, 5) is 3.89. The molecule has 0 aromatic carbocycles. The van der Waals surface area contributed by atoms with Crippen LogP contribution in [0.25, 0.3) is 0 Å². The molecule has 0 spiro atoms. The number of pyridine rings is 1. The zero-order valence-electron chi connectivity index (χ0n) is 10.9. The van der Waals surface area contributed by atoms with Gasteiger partial charge in [0.1, 0.15) is 0 Å². The Labute approximate surface area is 109 Å². The lowest BCUT2D eigenvalue weighted by Gasteiger charge is -2.27. The predicted molar refractivity (Wildman–Crippen MR) is 72.6 cm³/mol. The molecular weight excluding hydrogens is 250 g/mol. The van der Waals surface area contributed by atoms with Crippen molar-refractivity contribution in [1.29, 1.82) is 0 Å². The Bertz CT molecular complexity index is 455. The average molecular weight is 271 g/mol. The lowest BCUT2D eigenvalue weighted by molar-refractivity contribution is 0.411. The van der Waals surface area contributed by atoms with Crippen LogP contribution in [0.2, 0.25) is 0 Å². The van der Waals surface area contributed by atoms with Crippen molar-refractivity contribution >= 4 is 10.0 Å². The van der Waals surface area contributed by atoms with Gasteiger partial charge in [-0.25, -0.2) is 13.1 Å². The van der Waals surface area contributed by atoms with Gasteiger partial charge in [0.25, 0.3) is 0 Å².